The van der Waals surface area contributed by atoms with Crippen LogP contribution in [0.2, 0.25) is 0 Å². The number of allylic oxidation sites excluding steroid dienone is 1. The Labute approximate surface area is 259 Å². The highest BCUT2D eigenvalue weighted by molar-refractivity contribution is 7.92. The first kappa shape index (κ1) is 32.5. The number of carbonyl (C=O) groups is 3. The molecule has 4 atom stereocenters. The lowest BCUT2D eigenvalue weighted by molar-refractivity contribution is -0.121. The summed E-state index contributed by atoms with van der Waals surface area (Å²) < 4.78 is 88.5. The van der Waals surface area contributed by atoms with Gasteiger partial charge in [-0.05, 0) is 60.2 Å². The molecule has 242 valence electrons. The highest BCUT2D eigenvalue weighted by Gasteiger charge is 2.49. The van der Waals surface area contributed by atoms with E-state index in [4.69, 9.17) is 14.6 Å². The molecule has 3 N–H and O–H groups in total. The van der Waals surface area contributed by atoms with Gasteiger partial charge in [-0.2, -0.15) is 13.2 Å². The molecule has 0 heterocycles. The number of carboxylic acids is 1. The molecule has 1 saturated carbocycles. The highest BCUT2D eigenvalue weighted by Crippen LogP contribution is 2.45. The van der Waals surface area contributed by atoms with Crippen molar-refractivity contribution in [2.24, 2.45) is 17.8 Å². The molecule has 0 aliphatic heterocycles. The van der Waals surface area contributed by atoms with Gasteiger partial charge < -0.3 is 25.2 Å². The van der Waals surface area contributed by atoms with Crippen molar-refractivity contribution >= 4 is 33.3 Å². The number of halogens is 4. The van der Waals surface area contributed by atoms with Gasteiger partial charge in [-0.3, -0.25) is 9.59 Å². The number of fused-ring (bicyclic) bond motifs is 2. The number of amides is 2. The van der Waals surface area contributed by atoms with Crippen molar-refractivity contribution < 1.29 is 54.9 Å². The van der Waals surface area contributed by atoms with Crippen LogP contribution in [0.25, 0.3) is 0 Å². The van der Waals surface area contributed by atoms with Gasteiger partial charge in [0.2, 0.25) is 5.91 Å². The fourth-order valence-electron chi connectivity index (χ4n) is 5.60. The zero-order chi connectivity index (χ0) is 33.4. The first-order chi connectivity index (χ1) is 21.7. The van der Waals surface area contributed by atoms with E-state index in [2.05, 4.69) is 10.6 Å². The standard InChI is InChI=1S/C31H26F4N2O8S/c1-44-24-14-23(32)25(45-15-16-5-7-17(8-6-16)30(40)41)13-22(24)28(38)37-27-19-10-9-18(11-19)26(27)29(39)36-20-3-2-4-21(12-20)46(42,43)31(33,34)35/h2-10,12-14,18-19,26-27H,11,15H2,1H3,(H,36,39)(H,37,38)(H,40,41)/t18-,19+,26+,27-/m1/s1. The Bertz CT molecular complexity index is 1830. The van der Waals surface area contributed by atoms with Crippen LogP contribution in [0.5, 0.6) is 11.5 Å². The second kappa shape index (κ2) is 12.5. The van der Waals surface area contributed by atoms with Gasteiger partial charge >= 0.3 is 11.5 Å². The fourth-order valence-corrected chi connectivity index (χ4v) is 6.41. The molecule has 15 heteroatoms. The molecule has 2 aliphatic rings. The van der Waals surface area contributed by atoms with Crippen LogP contribution in [0.4, 0.5) is 23.2 Å². The van der Waals surface area contributed by atoms with E-state index in [9.17, 15) is 40.4 Å². The number of carbonyl (C=O) groups excluding carboxylic acids is 2. The SMILES string of the molecule is COc1cc(F)c(OCc2ccc(C(=O)O)cc2)cc1C(=O)N[C@H]1[C@@H](C(=O)Nc2cccc(S(=O)(=O)C(F)(F)F)c2)[C@@H]2C=C[C@H]1C2. The lowest BCUT2D eigenvalue weighted by Crippen LogP contribution is -2.47. The summed E-state index contributed by atoms with van der Waals surface area (Å²) in [5.41, 5.74) is -5.21. The Kier molecular flexibility index (Phi) is 8.80. The van der Waals surface area contributed by atoms with Crippen molar-refractivity contribution in [3.63, 3.8) is 0 Å². The maximum absolute atomic E-state index is 14.8. The molecule has 0 spiro atoms. The zero-order valence-electron chi connectivity index (χ0n) is 23.9. The largest absolute Gasteiger partial charge is 0.501 e. The Morgan fingerprint density at radius 2 is 1.67 bits per heavy atom. The second-order valence-electron chi connectivity index (χ2n) is 10.7. The van der Waals surface area contributed by atoms with Crippen molar-refractivity contribution in [2.45, 2.75) is 29.5 Å². The van der Waals surface area contributed by atoms with Crippen LogP contribution in [-0.2, 0) is 21.2 Å². The molecular formula is C31H26F4N2O8S. The summed E-state index contributed by atoms with van der Waals surface area (Å²) in [7, 11) is -4.41. The van der Waals surface area contributed by atoms with Crippen LogP contribution in [0.3, 0.4) is 0 Å². The number of alkyl halides is 3. The lowest BCUT2D eigenvalue weighted by atomic mass is 9.87. The van der Waals surface area contributed by atoms with E-state index in [0.29, 0.717) is 18.1 Å². The summed E-state index contributed by atoms with van der Waals surface area (Å²) >= 11 is 0. The minimum absolute atomic E-state index is 0.0590. The van der Waals surface area contributed by atoms with Crippen molar-refractivity contribution in [1.82, 2.24) is 5.32 Å². The van der Waals surface area contributed by atoms with Crippen LogP contribution in [0.1, 0.15) is 32.7 Å². The number of benzene rings is 3. The van der Waals surface area contributed by atoms with Crippen molar-refractivity contribution in [2.75, 3.05) is 12.4 Å². The molecule has 2 bridgehead atoms. The predicted molar refractivity (Wildman–Crippen MR) is 154 cm³/mol. The number of anilines is 1. The monoisotopic (exact) mass is 662 g/mol. The molecule has 3 aromatic rings. The number of hydrogen-bond donors (Lipinski definition) is 3. The van der Waals surface area contributed by atoms with E-state index in [1.54, 1.807) is 6.08 Å². The molecular weight excluding hydrogens is 636 g/mol. The third-order valence-electron chi connectivity index (χ3n) is 7.87. The minimum atomic E-state index is -5.65. The first-order valence-electron chi connectivity index (χ1n) is 13.7. The van der Waals surface area contributed by atoms with Crippen molar-refractivity contribution in [3.8, 4) is 11.5 Å². The summed E-state index contributed by atoms with van der Waals surface area (Å²) in [6, 6.07) is 10.9. The normalized spacial score (nSPS) is 20.3. The molecule has 3 aromatic carbocycles. The topological polar surface area (TPSA) is 148 Å². The summed E-state index contributed by atoms with van der Waals surface area (Å²) in [5, 5.41) is 14.3. The van der Waals surface area contributed by atoms with Gasteiger partial charge in [-0.15, -0.1) is 0 Å². The first-order valence-corrected chi connectivity index (χ1v) is 15.2. The van der Waals surface area contributed by atoms with Gasteiger partial charge in [0, 0.05) is 17.8 Å². The molecule has 46 heavy (non-hydrogen) atoms. The summed E-state index contributed by atoms with van der Waals surface area (Å²) in [4.78, 5) is 36.9. The fraction of sp³-hybridized carbons (Fsp3) is 0.258. The van der Waals surface area contributed by atoms with Crippen LogP contribution in [0, 0.1) is 23.6 Å². The minimum Gasteiger partial charge on any atom is -0.496 e. The zero-order valence-corrected chi connectivity index (χ0v) is 24.7. The van der Waals surface area contributed by atoms with E-state index in [0.717, 1.165) is 24.3 Å². The third-order valence-corrected chi connectivity index (χ3v) is 9.35. The number of hydrogen-bond acceptors (Lipinski definition) is 7. The van der Waals surface area contributed by atoms with E-state index in [-0.39, 0.29) is 46.8 Å². The Morgan fingerprint density at radius 3 is 2.33 bits per heavy atom. The molecule has 10 nitrogen and oxygen atoms in total. The average Bonchev–Trinajstić information content (AvgIpc) is 3.62. The maximum Gasteiger partial charge on any atom is 0.501 e. The van der Waals surface area contributed by atoms with Crippen LogP contribution in [0.15, 0.2) is 77.7 Å². The van der Waals surface area contributed by atoms with Gasteiger partial charge in [0.15, 0.2) is 11.6 Å². The number of sulfone groups is 1. The second-order valence-corrected chi connectivity index (χ2v) is 12.7. The molecule has 0 saturated heterocycles. The van der Waals surface area contributed by atoms with E-state index in [1.807, 2.05) is 6.08 Å². The smallest absolute Gasteiger partial charge is 0.496 e. The molecule has 0 unspecified atom stereocenters. The van der Waals surface area contributed by atoms with Crippen molar-refractivity contribution in [1.29, 1.82) is 0 Å². The van der Waals surface area contributed by atoms with E-state index in [1.165, 1.54) is 37.4 Å². The molecule has 0 aromatic heterocycles. The molecule has 5 rings (SSSR count). The van der Waals surface area contributed by atoms with Gasteiger partial charge in [0.25, 0.3) is 15.7 Å². The van der Waals surface area contributed by atoms with Crippen LogP contribution < -0.4 is 20.1 Å². The average molecular weight is 663 g/mol. The summed E-state index contributed by atoms with van der Waals surface area (Å²) in [6.45, 7) is -0.144. The van der Waals surface area contributed by atoms with Crippen molar-refractivity contribution in [3.05, 3.63) is 95.3 Å². The Balaban J connectivity index is 1.33. The number of methoxy groups -OCH3 is 1. The molecule has 0 radical (unpaired) electrons. The van der Waals surface area contributed by atoms with Gasteiger partial charge in [-0.1, -0.05) is 30.4 Å². The Morgan fingerprint density at radius 1 is 0.978 bits per heavy atom. The van der Waals surface area contributed by atoms with Gasteiger partial charge in [0.1, 0.15) is 12.4 Å². The number of aromatic carboxylic acids is 1. The van der Waals surface area contributed by atoms with Crippen LogP contribution >= 0.6 is 0 Å². The molecule has 2 amide bonds. The maximum atomic E-state index is 14.8. The summed E-state index contributed by atoms with van der Waals surface area (Å²) in [6.07, 6.45) is 4.14. The number of nitrogens with one attached hydrogen (secondary N) is 2. The third kappa shape index (κ3) is 6.40. The highest BCUT2D eigenvalue weighted by atomic mass is 32.2. The van der Waals surface area contributed by atoms with Gasteiger partial charge in [-0.25, -0.2) is 17.6 Å². The molecule has 1 fully saturated rings. The quantitative estimate of drug-likeness (QED) is 0.204. The predicted octanol–water partition coefficient (Wildman–Crippen LogP) is 4.96. The van der Waals surface area contributed by atoms with E-state index < -0.39 is 55.8 Å². The summed E-state index contributed by atoms with van der Waals surface area (Å²) in [5.74, 6) is -5.15. The van der Waals surface area contributed by atoms with Crippen LogP contribution in [-0.4, -0.2) is 50.0 Å². The van der Waals surface area contributed by atoms with Gasteiger partial charge in [0.05, 0.1) is 29.1 Å². The number of carboxylic acid groups (broad SMARTS) is 1. The molecule has 2 aliphatic carbocycles. The van der Waals surface area contributed by atoms with E-state index >= 15 is 0 Å². The number of rotatable bonds is 10. The number of ether oxygens (including phenoxy) is 2. The lowest BCUT2D eigenvalue weighted by Gasteiger charge is -2.28. The Hall–Kier alpha value is -4.92.